The first kappa shape index (κ1) is 15.9. The van der Waals surface area contributed by atoms with Crippen molar-refractivity contribution in [3.05, 3.63) is 24.3 Å². The Kier molecular flexibility index (Phi) is 4.56. The normalized spacial score (nSPS) is 21.0. The van der Waals surface area contributed by atoms with E-state index < -0.39 is 11.9 Å². The average molecular weight is 334 g/mol. The predicted octanol–water partition coefficient (Wildman–Crippen LogP) is 1.45. The summed E-state index contributed by atoms with van der Waals surface area (Å²) < 4.78 is 0. The molecule has 1 aromatic rings. The molecule has 7 heteroatoms. The number of fused-ring (bicyclic) bond motifs is 1. The van der Waals surface area contributed by atoms with Gasteiger partial charge in [-0.25, -0.2) is 0 Å². The van der Waals surface area contributed by atoms with E-state index in [1.54, 1.807) is 4.90 Å². The van der Waals surface area contributed by atoms with Crippen LogP contribution < -0.4 is 4.90 Å². The molecule has 1 saturated heterocycles. The molecule has 0 bridgehead atoms. The van der Waals surface area contributed by atoms with E-state index in [0.717, 1.165) is 10.6 Å². The van der Waals surface area contributed by atoms with Gasteiger partial charge in [-0.1, -0.05) is 12.1 Å². The fraction of sp³-hybridized carbons (Fsp3) is 0.438. The maximum absolute atomic E-state index is 12.5. The highest BCUT2D eigenvalue weighted by Gasteiger charge is 2.31. The van der Waals surface area contributed by atoms with Gasteiger partial charge < -0.3 is 14.9 Å². The number of carboxylic acids is 1. The van der Waals surface area contributed by atoms with Crippen molar-refractivity contribution in [1.82, 2.24) is 4.90 Å². The van der Waals surface area contributed by atoms with Gasteiger partial charge in [-0.05, 0) is 25.0 Å². The lowest BCUT2D eigenvalue weighted by Crippen LogP contribution is -2.48. The summed E-state index contributed by atoms with van der Waals surface area (Å²) in [6, 6.07) is 7.52. The predicted molar refractivity (Wildman–Crippen MR) is 86.5 cm³/mol. The van der Waals surface area contributed by atoms with Crippen LogP contribution in [0.1, 0.15) is 12.8 Å². The van der Waals surface area contributed by atoms with Crippen molar-refractivity contribution in [2.75, 3.05) is 30.3 Å². The molecular weight excluding hydrogens is 316 g/mol. The molecular formula is C16H18N2O4S. The van der Waals surface area contributed by atoms with Gasteiger partial charge in [0.25, 0.3) is 0 Å². The van der Waals surface area contributed by atoms with Crippen LogP contribution in [0.5, 0.6) is 0 Å². The van der Waals surface area contributed by atoms with Crippen LogP contribution in [0.2, 0.25) is 0 Å². The highest BCUT2D eigenvalue weighted by Crippen LogP contribution is 2.34. The number of hydrogen-bond donors (Lipinski definition) is 1. The summed E-state index contributed by atoms with van der Waals surface area (Å²) >= 11 is 1.47. The maximum Gasteiger partial charge on any atom is 0.308 e. The third-order valence-electron chi connectivity index (χ3n) is 4.22. The fourth-order valence-electron chi connectivity index (χ4n) is 2.97. The molecule has 1 aromatic carbocycles. The first-order valence-electron chi connectivity index (χ1n) is 7.59. The Morgan fingerprint density at radius 1 is 1.30 bits per heavy atom. The van der Waals surface area contributed by atoms with Crippen molar-refractivity contribution in [3.63, 3.8) is 0 Å². The van der Waals surface area contributed by atoms with E-state index in [-0.39, 0.29) is 24.9 Å². The summed E-state index contributed by atoms with van der Waals surface area (Å²) in [6.45, 7) is 0.760. The SMILES string of the molecule is O=C(O)C1CCCN(C(=O)CN2C(=O)CSc3ccccc32)C1. The molecule has 1 atom stereocenters. The Morgan fingerprint density at radius 3 is 2.87 bits per heavy atom. The number of thioether (sulfide) groups is 1. The van der Waals surface area contributed by atoms with Gasteiger partial charge in [0.15, 0.2) is 0 Å². The smallest absolute Gasteiger partial charge is 0.308 e. The van der Waals surface area contributed by atoms with Crippen molar-refractivity contribution in [1.29, 1.82) is 0 Å². The summed E-state index contributed by atoms with van der Waals surface area (Å²) in [5, 5.41) is 9.13. The second-order valence-corrected chi connectivity index (χ2v) is 6.77. The number of carbonyl (C=O) groups excluding carboxylic acids is 2. The molecule has 0 aliphatic carbocycles. The van der Waals surface area contributed by atoms with Crippen molar-refractivity contribution >= 4 is 35.2 Å². The van der Waals surface area contributed by atoms with Crippen molar-refractivity contribution in [2.45, 2.75) is 17.7 Å². The quantitative estimate of drug-likeness (QED) is 0.905. The minimum Gasteiger partial charge on any atom is -0.481 e. The zero-order valence-electron chi connectivity index (χ0n) is 12.6. The van der Waals surface area contributed by atoms with Crippen LogP contribution in [0.25, 0.3) is 0 Å². The van der Waals surface area contributed by atoms with E-state index in [1.807, 2.05) is 24.3 Å². The molecule has 2 heterocycles. The molecule has 2 aliphatic rings. The monoisotopic (exact) mass is 334 g/mol. The number of carboxylic acid groups (broad SMARTS) is 1. The van der Waals surface area contributed by atoms with Crippen LogP contribution in [-0.2, 0) is 14.4 Å². The molecule has 1 fully saturated rings. The lowest BCUT2D eigenvalue weighted by Gasteiger charge is -2.34. The molecule has 1 unspecified atom stereocenters. The van der Waals surface area contributed by atoms with Crippen LogP contribution in [0.3, 0.4) is 0 Å². The Labute approximate surface area is 138 Å². The van der Waals surface area contributed by atoms with Crippen LogP contribution in [-0.4, -0.2) is 53.2 Å². The zero-order valence-corrected chi connectivity index (χ0v) is 13.4. The Morgan fingerprint density at radius 2 is 2.09 bits per heavy atom. The Bertz CT molecular complexity index is 649. The van der Waals surface area contributed by atoms with E-state index in [1.165, 1.54) is 16.7 Å². The lowest BCUT2D eigenvalue weighted by atomic mass is 9.98. The largest absolute Gasteiger partial charge is 0.481 e. The zero-order chi connectivity index (χ0) is 16.4. The number of rotatable bonds is 3. The second-order valence-electron chi connectivity index (χ2n) is 5.75. The topological polar surface area (TPSA) is 77.9 Å². The molecule has 3 rings (SSSR count). The first-order chi connectivity index (χ1) is 11.1. The van der Waals surface area contributed by atoms with Crippen LogP contribution in [0.15, 0.2) is 29.2 Å². The number of benzene rings is 1. The highest BCUT2D eigenvalue weighted by molar-refractivity contribution is 8.00. The van der Waals surface area contributed by atoms with Crippen molar-refractivity contribution in [2.24, 2.45) is 5.92 Å². The van der Waals surface area contributed by atoms with Crippen LogP contribution in [0, 0.1) is 5.92 Å². The Hall–Kier alpha value is -2.02. The molecule has 0 spiro atoms. The fourth-order valence-corrected chi connectivity index (χ4v) is 3.90. The molecule has 23 heavy (non-hydrogen) atoms. The lowest BCUT2D eigenvalue weighted by molar-refractivity contribution is -0.145. The summed E-state index contributed by atoms with van der Waals surface area (Å²) in [4.78, 5) is 39.9. The molecule has 2 aliphatic heterocycles. The Balaban J connectivity index is 1.72. The van der Waals surface area contributed by atoms with Gasteiger partial charge in [0.05, 0.1) is 17.4 Å². The first-order valence-corrected chi connectivity index (χ1v) is 8.57. The number of amides is 2. The number of para-hydroxylation sites is 1. The molecule has 2 amide bonds. The number of carbonyl (C=O) groups is 3. The molecule has 0 aromatic heterocycles. The highest BCUT2D eigenvalue weighted by atomic mass is 32.2. The average Bonchev–Trinajstić information content (AvgIpc) is 2.57. The number of likely N-dealkylation sites (tertiary alicyclic amines) is 1. The number of nitrogens with zero attached hydrogens (tertiary/aromatic N) is 2. The van der Waals surface area contributed by atoms with E-state index in [2.05, 4.69) is 0 Å². The summed E-state index contributed by atoms with van der Waals surface area (Å²) in [7, 11) is 0. The summed E-state index contributed by atoms with van der Waals surface area (Å²) in [5.41, 5.74) is 0.758. The van der Waals surface area contributed by atoms with E-state index in [0.29, 0.717) is 25.1 Å². The number of hydrogen-bond acceptors (Lipinski definition) is 4. The van der Waals surface area contributed by atoms with Gasteiger partial charge in [-0.2, -0.15) is 0 Å². The number of anilines is 1. The van der Waals surface area contributed by atoms with Crippen molar-refractivity contribution in [3.8, 4) is 0 Å². The summed E-state index contributed by atoms with van der Waals surface area (Å²) in [5.74, 6) is -1.33. The van der Waals surface area contributed by atoms with Gasteiger partial charge in [-0.3, -0.25) is 14.4 Å². The van der Waals surface area contributed by atoms with E-state index in [9.17, 15) is 14.4 Å². The molecule has 0 radical (unpaired) electrons. The maximum atomic E-state index is 12.5. The van der Waals surface area contributed by atoms with Crippen LogP contribution >= 0.6 is 11.8 Å². The van der Waals surface area contributed by atoms with Gasteiger partial charge in [0.1, 0.15) is 6.54 Å². The molecule has 6 nitrogen and oxygen atoms in total. The van der Waals surface area contributed by atoms with Crippen molar-refractivity contribution < 1.29 is 19.5 Å². The molecule has 1 N–H and O–H groups in total. The minimum absolute atomic E-state index is 0.0251. The summed E-state index contributed by atoms with van der Waals surface area (Å²) in [6.07, 6.45) is 1.28. The van der Waals surface area contributed by atoms with Crippen LogP contribution in [0.4, 0.5) is 5.69 Å². The van der Waals surface area contributed by atoms with Gasteiger partial charge in [0.2, 0.25) is 11.8 Å². The van der Waals surface area contributed by atoms with Gasteiger partial charge >= 0.3 is 5.97 Å². The van der Waals surface area contributed by atoms with E-state index in [4.69, 9.17) is 5.11 Å². The van der Waals surface area contributed by atoms with E-state index >= 15 is 0 Å². The third-order valence-corrected chi connectivity index (χ3v) is 5.27. The van der Waals surface area contributed by atoms with Gasteiger partial charge in [-0.15, -0.1) is 11.8 Å². The second kappa shape index (κ2) is 6.62. The minimum atomic E-state index is -0.863. The molecule has 0 saturated carbocycles. The third kappa shape index (κ3) is 3.34. The standard InChI is InChI=1S/C16H18N2O4S/c19-14(17-7-3-4-11(8-17)16(21)22)9-18-12-5-1-2-6-13(12)23-10-15(18)20/h1-2,5-6,11H,3-4,7-10H2,(H,21,22). The number of aliphatic carboxylic acids is 1. The van der Waals surface area contributed by atoms with Gasteiger partial charge in [0, 0.05) is 18.0 Å². The molecule has 122 valence electrons. The number of piperidine rings is 1.